The minimum absolute atomic E-state index is 0.0106. The first kappa shape index (κ1) is 13.5. The Morgan fingerprint density at radius 2 is 2.06 bits per heavy atom. The Kier molecular flexibility index (Phi) is 4.01. The lowest BCUT2D eigenvalue weighted by atomic mass is 9.59. The van der Waals surface area contributed by atoms with Gasteiger partial charge in [0.2, 0.25) is 0 Å². The van der Waals surface area contributed by atoms with Crippen LogP contribution in [0.3, 0.4) is 0 Å². The van der Waals surface area contributed by atoms with Crippen LogP contribution in [0.15, 0.2) is 24.8 Å². The number of rotatable bonds is 3. The largest absolute Gasteiger partial charge is 0.392 e. The molecule has 0 aromatic heterocycles. The Labute approximate surface area is 100 Å². The molecule has 4 atom stereocenters. The predicted molar refractivity (Wildman–Crippen MR) is 70.2 cm³/mol. The monoisotopic (exact) mass is 222 g/mol. The standard InChI is InChI=1S/C15H26O/c1-7-15(6)9-8-12(10(2)3)14(16)13(15)11(4)5/h7,10,12-14,16H,1,4,8-9H2,2-3,5-6H3/t12-,13+,14-,15+/m0/s1. The summed E-state index contributed by atoms with van der Waals surface area (Å²) < 4.78 is 0. The highest BCUT2D eigenvalue weighted by atomic mass is 16.3. The summed E-state index contributed by atoms with van der Waals surface area (Å²) in [5, 5.41) is 10.5. The van der Waals surface area contributed by atoms with Gasteiger partial charge in [-0.3, -0.25) is 0 Å². The van der Waals surface area contributed by atoms with Crippen LogP contribution in [0.2, 0.25) is 0 Å². The van der Waals surface area contributed by atoms with E-state index in [4.69, 9.17) is 0 Å². The van der Waals surface area contributed by atoms with Crippen molar-refractivity contribution in [1.29, 1.82) is 0 Å². The molecule has 1 aliphatic rings. The number of aliphatic hydroxyl groups excluding tert-OH is 1. The van der Waals surface area contributed by atoms with E-state index in [-0.39, 0.29) is 17.4 Å². The Balaban J connectivity index is 3.01. The van der Waals surface area contributed by atoms with Crippen LogP contribution in [0.1, 0.15) is 40.5 Å². The zero-order valence-electron chi connectivity index (χ0n) is 11.2. The maximum Gasteiger partial charge on any atom is 0.0644 e. The first-order valence-corrected chi connectivity index (χ1v) is 6.30. The highest BCUT2D eigenvalue weighted by Gasteiger charge is 2.45. The molecule has 16 heavy (non-hydrogen) atoms. The average molecular weight is 222 g/mol. The molecule has 0 radical (unpaired) electrons. The van der Waals surface area contributed by atoms with E-state index >= 15 is 0 Å². The maximum absolute atomic E-state index is 10.5. The van der Waals surface area contributed by atoms with Gasteiger partial charge >= 0.3 is 0 Å². The Morgan fingerprint density at radius 1 is 1.50 bits per heavy atom. The first-order valence-electron chi connectivity index (χ1n) is 6.30. The quantitative estimate of drug-likeness (QED) is 0.720. The van der Waals surface area contributed by atoms with Crippen molar-refractivity contribution in [2.45, 2.75) is 46.6 Å². The number of hydrogen-bond donors (Lipinski definition) is 1. The predicted octanol–water partition coefficient (Wildman–Crippen LogP) is 3.80. The van der Waals surface area contributed by atoms with E-state index in [2.05, 4.69) is 33.9 Å². The lowest BCUT2D eigenvalue weighted by molar-refractivity contribution is -0.0362. The van der Waals surface area contributed by atoms with E-state index in [0.717, 1.165) is 18.4 Å². The smallest absolute Gasteiger partial charge is 0.0644 e. The van der Waals surface area contributed by atoms with Crippen molar-refractivity contribution in [3.05, 3.63) is 24.8 Å². The molecular weight excluding hydrogens is 196 g/mol. The molecule has 0 bridgehead atoms. The molecule has 0 spiro atoms. The summed E-state index contributed by atoms with van der Waals surface area (Å²) in [6.45, 7) is 16.6. The van der Waals surface area contributed by atoms with Gasteiger partial charge in [0.15, 0.2) is 0 Å². The molecule has 1 nitrogen and oxygen atoms in total. The molecule has 1 N–H and O–H groups in total. The lowest BCUT2D eigenvalue weighted by Crippen LogP contribution is -2.46. The first-order chi connectivity index (χ1) is 7.33. The molecule has 1 fully saturated rings. The molecular formula is C15H26O. The van der Waals surface area contributed by atoms with Gasteiger partial charge in [0.05, 0.1) is 6.10 Å². The SMILES string of the molecule is C=C[C@]1(C)CC[C@@H](C(C)C)[C@H](O)[C@H]1C(=C)C. The molecule has 1 aliphatic carbocycles. The summed E-state index contributed by atoms with van der Waals surface area (Å²) in [6.07, 6.45) is 3.93. The van der Waals surface area contributed by atoms with Crippen molar-refractivity contribution < 1.29 is 5.11 Å². The maximum atomic E-state index is 10.5. The Morgan fingerprint density at radius 3 is 2.44 bits per heavy atom. The molecule has 1 rings (SSSR count). The Hall–Kier alpha value is -0.560. The summed E-state index contributed by atoms with van der Waals surface area (Å²) in [7, 11) is 0. The molecule has 1 heteroatoms. The number of allylic oxidation sites excluding steroid dienone is 1. The fraction of sp³-hybridized carbons (Fsp3) is 0.733. The van der Waals surface area contributed by atoms with Crippen LogP contribution in [-0.4, -0.2) is 11.2 Å². The minimum Gasteiger partial charge on any atom is -0.392 e. The molecule has 0 aliphatic heterocycles. The molecule has 0 aromatic rings. The lowest BCUT2D eigenvalue weighted by Gasteiger charge is -2.48. The van der Waals surface area contributed by atoms with Gasteiger partial charge in [0, 0.05) is 5.92 Å². The van der Waals surface area contributed by atoms with E-state index in [0.29, 0.717) is 11.8 Å². The average Bonchev–Trinajstić information content (AvgIpc) is 2.16. The zero-order chi connectivity index (χ0) is 12.5. The molecule has 1 saturated carbocycles. The fourth-order valence-electron chi connectivity index (χ4n) is 3.25. The van der Waals surface area contributed by atoms with Gasteiger partial charge in [-0.2, -0.15) is 0 Å². The highest BCUT2D eigenvalue weighted by Crippen LogP contribution is 2.48. The van der Waals surface area contributed by atoms with Crippen LogP contribution in [0, 0.1) is 23.2 Å². The second-order valence-corrected chi connectivity index (χ2v) is 5.97. The van der Waals surface area contributed by atoms with E-state index < -0.39 is 0 Å². The third-order valence-electron chi connectivity index (χ3n) is 4.36. The molecule has 0 amide bonds. The van der Waals surface area contributed by atoms with Crippen LogP contribution >= 0.6 is 0 Å². The van der Waals surface area contributed by atoms with Crippen LogP contribution in [0.4, 0.5) is 0 Å². The second kappa shape index (κ2) is 4.75. The summed E-state index contributed by atoms with van der Waals surface area (Å²) >= 11 is 0. The van der Waals surface area contributed by atoms with Gasteiger partial charge in [-0.25, -0.2) is 0 Å². The van der Waals surface area contributed by atoms with Gasteiger partial charge in [-0.05, 0) is 37.0 Å². The Bertz CT molecular complexity index is 279. The number of aliphatic hydroxyl groups is 1. The highest BCUT2D eigenvalue weighted by molar-refractivity contribution is 5.15. The van der Waals surface area contributed by atoms with E-state index in [1.54, 1.807) is 0 Å². The second-order valence-electron chi connectivity index (χ2n) is 5.97. The van der Waals surface area contributed by atoms with Crippen molar-refractivity contribution in [2.24, 2.45) is 23.2 Å². The fourth-order valence-corrected chi connectivity index (χ4v) is 3.25. The van der Waals surface area contributed by atoms with Gasteiger partial charge in [-0.1, -0.05) is 39.0 Å². The van der Waals surface area contributed by atoms with Crippen molar-refractivity contribution >= 4 is 0 Å². The van der Waals surface area contributed by atoms with Gasteiger partial charge in [-0.15, -0.1) is 6.58 Å². The van der Waals surface area contributed by atoms with Crippen LogP contribution < -0.4 is 0 Å². The topological polar surface area (TPSA) is 20.2 Å². The van der Waals surface area contributed by atoms with Gasteiger partial charge < -0.3 is 5.11 Å². The van der Waals surface area contributed by atoms with Crippen LogP contribution in [0.25, 0.3) is 0 Å². The van der Waals surface area contributed by atoms with Crippen molar-refractivity contribution in [3.8, 4) is 0 Å². The van der Waals surface area contributed by atoms with E-state index in [1.807, 2.05) is 13.0 Å². The zero-order valence-corrected chi connectivity index (χ0v) is 11.2. The van der Waals surface area contributed by atoms with Crippen LogP contribution in [0.5, 0.6) is 0 Å². The van der Waals surface area contributed by atoms with Crippen molar-refractivity contribution in [2.75, 3.05) is 0 Å². The summed E-state index contributed by atoms with van der Waals surface area (Å²) in [5.41, 5.74) is 1.09. The molecule has 0 aromatic carbocycles. The molecule has 92 valence electrons. The molecule has 0 unspecified atom stereocenters. The molecule has 0 saturated heterocycles. The normalized spacial score (nSPS) is 39.8. The van der Waals surface area contributed by atoms with Crippen LogP contribution in [-0.2, 0) is 0 Å². The van der Waals surface area contributed by atoms with E-state index in [1.165, 1.54) is 0 Å². The van der Waals surface area contributed by atoms with Gasteiger partial charge in [0.1, 0.15) is 0 Å². The third-order valence-corrected chi connectivity index (χ3v) is 4.36. The third kappa shape index (κ3) is 2.24. The minimum atomic E-state index is -0.269. The van der Waals surface area contributed by atoms with Crippen molar-refractivity contribution in [1.82, 2.24) is 0 Å². The van der Waals surface area contributed by atoms with Crippen molar-refractivity contribution in [3.63, 3.8) is 0 Å². The summed E-state index contributed by atoms with van der Waals surface area (Å²) in [5.74, 6) is 1.09. The molecule has 0 heterocycles. The van der Waals surface area contributed by atoms with E-state index in [9.17, 15) is 5.11 Å². The summed E-state index contributed by atoms with van der Waals surface area (Å²) in [4.78, 5) is 0. The number of hydrogen-bond acceptors (Lipinski definition) is 1. The summed E-state index contributed by atoms with van der Waals surface area (Å²) in [6, 6.07) is 0. The van der Waals surface area contributed by atoms with Gasteiger partial charge in [0.25, 0.3) is 0 Å².